The number of ketones is 1. The maximum absolute atomic E-state index is 12.0. The third-order valence-electron chi connectivity index (χ3n) is 3.20. The normalized spacial score (nSPS) is 18.6. The summed E-state index contributed by atoms with van der Waals surface area (Å²) in [6.07, 6.45) is 3.37. The molecule has 1 aliphatic carbocycles. The lowest BCUT2D eigenvalue weighted by molar-refractivity contribution is -0.136. The topological polar surface area (TPSA) is 37.3 Å². The summed E-state index contributed by atoms with van der Waals surface area (Å²) in [7, 11) is 0. The summed E-state index contributed by atoms with van der Waals surface area (Å²) < 4.78 is 0. The van der Waals surface area contributed by atoms with Crippen LogP contribution in [-0.4, -0.2) is 16.5 Å². The molecule has 0 saturated heterocycles. The van der Waals surface area contributed by atoms with Gasteiger partial charge >= 0.3 is 0 Å². The Morgan fingerprint density at radius 1 is 1.38 bits per heavy atom. The zero-order valence-corrected chi connectivity index (χ0v) is 9.83. The summed E-state index contributed by atoms with van der Waals surface area (Å²) in [5, 5.41) is 10.7. The Bertz CT molecular complexity index is 395. The van der Waals surface area contributed by atoms with Crippen molar-refractivity contribution in [2.24, 2.45) is 0 Å². The van der Waals surface area contributed by atoms with E-state index >= 15 is 0 Å². The van der Waals surface area contributed by atoms with Crippen molar-refractivity contribution in [3.05, 3.63) is 34.9 Å². The van der Waals surface area contributed by atoms with Gasteiger partial charge in [0.25, 0.3) is 0 Å². The Hall–Kier alpha value is -0.860. The number of benzene rings is 1. The summed E-state index contributed by atoms with van der Waals surface area (Å²) in [4.78, 5) is 12.0. The summed E-state index contributed by atoms with van der Waals surface area (Å²) in [5.74, 6) is -0.0766. The number of rotatable bonds is 3. The largest absolute Gasteiger partial charge is 0.382 e. The van der Waals surface area contributed by atoms with Gasteiger partial charge in [0.05, 0.1) is 0 Å². The smallest absolute Gasteiger partial charge is 0.168 e. The number of carbonyl (C=O) groups excluding carboxylic acids is 1. The molecule has 0 radical (unpaired) electrons. The van der Waals surface area contributed by atoms with Gasteiger partial charge in [-0.25, -0.2) is 0 Å². The average molecular weight is 239 g/mol. The van der Waals surface area contributed by atoms with Gasteiger partial charge < -0.3 is 5.11 Å². The Labute approximate surface area is 100 Å². The molecule has 0 bridgehead atoms. The third kappa shape index (κ3) is 2.45. The molecule has 16 heavy (non-hydrogen) atoms. The minimum absolute atomic E-state index is 0.0766. The van der Waals surface area contributed by atoms with Crippen molar-refractivity contribution in [2.75, 3.05) is 0 Å². The summed E-state index contributed by atoms with van der Waals surface area (Å²) in [6.45, 7) is 0. The van der Waals surface area contributed by atoms with Crippen LogP contribution in [0.5, 0.6) is 0 Å². The summed E-state index contributed by atoms with van der Waals surface area (Å²) >= 11 is 5.85. The third-order valence-corrected chi connectivity index (χ3v) is 3.44. The van der Waals surface area contributed by atoms with Gasteiger partial charge in [-0.05, 0) is 43.4 Å². The molecular formula is C13H15ClO2. The first-order chi connectivity index (χ1) is 7.60. The van der Waals surface area contributed by atoms with Gasteiger partial charge in [-0.2, -0.15) is 0 Å². The number of hydrogen-bond acceptors (Lipinski definition) is 2. The van der Waals surface area contributed by atoms with E-state index in [1.54, 1.807) is 12.1 Å². The van der Waals surface area contributed by atoms with Crippen LogP contribution in [0, 0.1) is 0 Å². The van der Waals surface area contributed by atoms with Gasteiger partial charge in [0.1, 0.15) is 5.60 Å². The summed E-state index contributed by atoms with van der Waals surface area (Å²) in [6, 6.07) is 7.24. The minimum atomic E-state index is -1.08. The van der Waals surface area contributed by atoms with Crippen molar-refractivity contribution in [3.63, 3.8) is 0 Å². The van der Waals surface area contributed by atoms with Crippen LogP contribution in [0.2, 0.25) is 5.02 Å². The quantitative estimate of drug-likeness (QED) is 0.879. The van der Waals surface area contributed by atoms with Crippen LogP contribution in [0.1, 0.15) is 31.2 Å². The average Bonchev–Trinajstić information content (AvgIpc) is 2.66. The molecule has 1 aromatic rings. The van der Waals surface area contributed by atoms with Crippen molar-refractivity contribution < 1.29 is 9.90 Å². The van der Waals surface area contributed by atoms with Crippen molar-refractivity contribution in [2.45, 2.75) is 37.7 Å². The first-order valence-electron chi connectivity index (χ1n) is 5.60. The van der Waals surface area contributed by atoms with Gasteiger partial charge in [0.15, 0.2) is 5.78 Å². The highest BCUT2D eigenvalue weighted by Gasteiger charge is 2.37. The second kappa shape index (κ2) is 4.56. The van der Waals surface area contributed by atoms with E-state index in [0.29, 0.717) is 17.9 Å². The molecule has 3 heteroatoms. The van der Waals surface area contributed by atoms with E-state index in [-0.39, 0.29) is 12.2 Å². The maximum atomic E-state index is 12.0. The molecule has 0 atom stereocenters. The fourth-order valence-electron chi connectivity index (χ4n) is 2.24. The van der Waals surface area contributed by atoms with E-state index in [0.717, 1.165) is 18.4 Å². The van der Waals surface area contributed by atoms with Crippen LogP contribution in [0.4, 0.5) is 0 Å². The van der Waals surface area contributed by atoms with Gasteiger partial charge in [0.2, 0.25) is 0 Å². The molecule has 2 rings (SSSR count). The zero-order valence-electron chi connectivity index (χ0n) is 9.08. The lowest BCUT2D eigenvalue weighted by atomic mass is 9.92. The number of aliphatic hydroxyl groups is 1. The molecule has 1 fully saturated rings. The number of hydrogen-bond donors (Lipinski definition) is 1. The van der Waals surface area contributed by atoms with Crippen LogP contribution < -0.4 is 0 Å². The molecule has 2 nitrogen and oxygen atoms in total. The predicted octanol–water partition coefficient (Wildman–Crippen LogP) is 2.76. The Balaban J connectivity index is 2.07. The van der Waals surface area contributed by atoms with Crippen LogP contribution >= 0.6 is 11.6 Å². The minimum Gasteiger partial charge on any atom is -0.382 e. The molecule has 1 aliphatic rings. The highest BCUT2D eigenvalue weighted by Crippen LogP contribution is 2.31. The molecule has 0 unspecified atom stereocenters. The van der Waals surface area contributed by atoms with E-state index in [1.165, 1.54) is 0 Å². The lowest BCUT2D eigenvalue weighted by Gasteiger charge is -2.20. The van der Waals surface area contributed by atoms with Gasteiger partial charge in [-0.3, -0.25) is 4.79 Å². The molecule has 0 spiro atoms. The van der Waals surface area contributed by atoms with Crippen LogP contribution in [0.15, 0.2) is 24.3 Å². The summed E-state index contributed by atoms with van der Waals surface area (Å²) in [5.41, 5.74) is -0.208. The molecule has 1 saturated carbocycles. The van der Waals surface area contributed by atoms with Crippen molar-refractivity contribution >= 4 is 17.4 Å². The molecule has 1 N–H and O–H groups in total. The van der Waals surface area contributed by atoms with E-state index in [1.807, 2.05) is 12.1 Å². The van der Waals surface area contributed by atoms with Crippen molar-refractivity contribution in [1.29, 1.82) is 0 Å². The van der Waals surface area contributed by atoms with E-state index < -0.39 is 5.60 Å². The monoisotopic (exact) mass is 238 g/mol. The van der Waals surface area contributed by atoms with Gasteiger partial charge in [-0.15, -0.1) is 0 Å². The van der Waals surface area contributed by atoms with Crippen molar-refractivity contribution in [3.8, 4) is 0 Å². The second-order valence-electron chi connectivity index (χ2n) is 4.47. The Morgan fingerprint density at radius 3 is 2.69 bits per heavy atom. The lowest BCUT2D eigenvalue weighted by Crippen LogP contribution is -2.36. The van der Waals surface area contributed by atoms with Crippen LogP contribution in [0.25, 0.3) is 0 Å². The molecule has 0 aliphatic heterocycles. The van der Waals surface area contributed by atoms with Gasteiger partial charge in [0, 0.05) is 11.4 Å². The van der Waals surface area contributed by atoms with Crippen LogP contribution in [-0.2, 0) is 11.2 Å². The SMILES string of the molecule is O=C(Cc1cccc(Cl)c1)C1(O)CCCC1. The Morgan fingerprint density at radius 2 is 2.06 bits per heavy atom. The van der Waals surface area contributed by atoms with Gasteiger partial charge in [-0.1, -0.05) is 23.7 Å². The highest BCUT2D eigenvalue weighted by molar-refractivity contribution is 6.30. The fourth-order valence-corrected chi connectivity index (χ4v) is 2.45. The maximum Gasteiger partial charge on any atom is 0.168 e. The first-order valence-corrected chi connectivity index (χ1v) is 5.98. The first kappa shape index (κ1) is 11.6. The fraction of sp³-hybridized carbons (Fsp3) is 0.462. The number of halogens is 1. The highest BCUT2D eigenvalue weighted by atomic mass is 35.5. The van der Waals surface area contributed by atoms with Crippen molar-refractivity contribution in [1.82, 2.24) is 0 Å². The van der Waals surface area contributed by atoms with E-state index in [4.69, 9.17) is 11.6 Å². The van der Waals surface area contributed by atoms with E-state index in [9.17, 15) is 9.90 Å². The van der Waals surface area contributed by atoms with Crippen LogP contribution in [0.3, 0.4) is 0 Å². The van der Waals surface area contributed by atoms with E-state index in [2.05, 4.69) is 0 Å². The molecule has 86 valence electrons. The zero-order chi connectivity index (χ0) is 11.6. The number of carbonyl (C=O) groups is 1. The number of Topliss-reactive ketones (excluding diaryl/α,β-unsaturated/α-hetero) is 1. The molecule has 1 aromatic carbocycles. The predicted molar refractivity (Wildman–Crippen MR) is 63.6 cm³/mol. The Kier molecular flexibility index (Phi) is 3.31. The molecule has 0 aromatic heterocycles. The molecular weight excluding hydrogens is 224 g/mol. The molecule has 0 amide bonds. The second-order valence-corrected chi connectivity index (χ2v) is 4.91. The standard InChI is InChI=1S/C13H15ClO2/c14-11-5-3-4-10(8-11)9-12(15)13(16)6-1-2-7-13/h3-5,8,16H,1-2,6-7,9H2. The molecule has 0 heterocycles.